The molecule has 0 unspecified atom stereocenters. The second-order valence-electron chi connectivity index (χ2n) is 2.31. The van der Waals surface area contributed by atoms with Crippen molar-refractivity contribution in [2.75, 3.05) is 14.2 Å². The molecule has 16 heavy (non-hydrogen) atoms. The number of hydrogen-bond donors (Lipinski definition) is 1. The molecular formula is C13H23NO2. The van der Waals surface area contributed by atoms with Gasteiger partial charge in [0, 0.05) is 12.6 Å². The van der Waals surface area contributed by atoms with Crippen LogP contribution in [0.15, 0.2) is 24.3 Å². The maximum atomic E-state index is 11.1. The van der Waals surface area contributed by atoms with Crippen LogP contribution in [0.2, 0.25) is 0 Å². The van der Waals surface area contributed by atoms with Gasteiger partial charge in [0.1, 0.15) is 5.75 Å². The van der Waals surface area contributed by atoms with Gasteiger partial charge in [-0.25, -0.2) is 0 Å². The standard InChI is InChI=1S/C9H11NO2.2C2H6/c1-10-9(11)7-3-5-8(12-2)6-4-7;2*1-2/h3-6H,1-2H3,(H,10,11);2*1-2H3. The molecule has 0 bridgehead atoms. The van der Waals surface area contributed by atoms with E-state index in [1.807, 2.05) is 27.7 Å². The van der Waals surface area contributed by atoms with E-state index in [1.165, 1.54) is 0 Å². The molecule has 0 atom stereocenters. The molecule has 0 aromatic heterocycles. The van der Waals surface area contributed by atoms with Gasteiger partial charge < -0.3 is 10.1 Å². The minimum atomic E-state index is -0.0855. The van der Waals surface area contributed by atoms with Crippen molar-refractivity contribution in [2.24, 2.45) is 0 Å². The fraction of sp³-hybridized carbons (Fsp3) is 0.462. The van der Waals surface area contributed by atoms with Crippen molar-refractivity contribution in [1.29, 1.82) is 0 Å². The molecule has 1 aromatic carbocycles. The molecule has 3 nitrogen and oxygen atoms in total. The van der Waals surface area contributed by atoms with Gasteiger partial charge in [0.15, 0.2) is 0 Å². The van der Waals surface area contributed by atoms with Crippen LogP contribution in [-0.4, -0.2) is 20.1 Å². The summed E-state index contributed by atoms with van der Waals surface area (Å²) in [5, 5.41) is 2.54. The number of rotatable bonds is 2. The Morgan fingerprint density at radius 3 is 1.81 bits per heavy atom. The van der Waals surface area contributed by atoms with Crippen LogP contribution in [0.4, 0.5) is 0 Å². The van der Waals surface area contributed by atoms with Gasteiger partial charge in [0.25, 0.3) is 5.91 Å². The molecule has 0 saturated heterocycles. The zero-order chi connectivity index (χ0) is 13.0. The number of ether oxygens (including phenoxy) is 1. The van der Waals surface area contributed by atoms with E-state index < -0.39 is 0 Å². The number of nitrogens with one attached hydrogen (secondary N) is 1. The highest BCUT2D eigenvalue weighted by Crippen LogP contribution is 2.10. The van der Waals surface area contributed by atoms with E-state index in [1.54, 1.807) is 38.4 Å². The maximum Gasteiger partial charge on any atom is 0.251 e. The molecule has 1 amide bonds. The first-order valence-electron chi connectivity index (χ1n) is 5.64. The summed E-state index contributed by atoms with van der Waals surface area (Å²) in [7, 11) is 3.20. The minimum Gasteiger partial charge on any atom is -0.497 e. The summed E-state index contributed by atoms with van der Waals surface area (Å²) in [5.74, 6) is 0.667. The lowest BCUT2D eigenvalue weighted by Crippen LogP contribution is -2.17. The van der Waals surface area contributed by atoms with Crippen LogP contribution in [0.1, 0.15) is 38.1 Å². The highest BCUT2D eigenvalue weighted by molar-refractivity contribution is 5.94. The number of carbonyl (C=O) groups excluding carboxylic acids is 1. The van der Waals surface area contributed by atoms with E-state index in [0.717, 1.165) is 5.75 Å². The minimum absolute atomic E-state index is 0.0855. The molecule has 0 aliphatic rings. The van der Waals surface area contributed by atoms with Gasteiger partial charge in [0.05, 0.1) is 7.11 Å². The third kappa shape index (κ3) is 6.06. The number of benzene rings is 1. The molecule has 0 aliphatic carbocycles. The summed E-state index contributed by atoms with van der Waals surface area (Å²) in [4.78, 5) is 11.1. The number of carbonyl (C=O) groups is 1. The van der Waals surface area contributed by atoms with Gasteiger partial charge in [-0.3, -0.25) is 4.79 Å². The summed E-state index contributed by atoms with van der Waals surface area (Å²) in [6, 6.07) is 6.95. The molecule has 0 radical (unpaired) electrons. The van der Waals surface area contributed by atoms with Crippen molar-refractivity contribution in [3.63, 3.8) is 0 Å². The van der Waals surface area contributed by atoms with Crippen molar-refractivity contribution >= 4 is 5.91 Å². The summed E-state index contributed by atoms with van der Waals surface area (Å²) in [6.45, 7) is 8.00. The molecule has 0 heterocycles. The first kappa shape index (κ1) is 16.9. The first-order valence-corrected chi connectivity index (χ1v) is 5.64. The fourth-order valence-electron chi connectivity index (χ4n) is 0.887. The van der Waals surface area contributed by atoms with Crippen molar-refractivity contribution < 1.29 is 9.53 Å². The van der Waals surface area contributed by atoms with Crippen LogP contribution in [0.25, 0.3) is 0 Å². The molecule has 0 spiro atoms. The molecule has 0 fully saturated rings. The van der Waals surface area contributed by atoms with E-state index in [9.17, 15) is 4.79 Å². The number of hydrogen-bond acceptors (Lipinski definition) is 2. The van der Waals surface area contributed by atoms with Crippen molar-refractivity contribution in [3.05, 3.63) is 29.8 Å². The normalized spacial score (nSPS) is 7.62. The Kier molecular flexibility index (Phi) is 12.2. The Morgan fingerprint density at radius 2 is 1.50 bits per heavy atom. The molecule has 3 heteroatoms. The SMILES string of the molecule is CC.CC.CNC(=O)c1ccc(OC)cc1. The second-order valence-corrected chi connectivity index (χ2v) is 2.31. The van der Waals surface area contributed by atoms with Crippen LogP contribution in [0, 0.1) is 0 Å². The lowest BCUT2D eigenvalue weighted by atomic mass is 10.2. The molecule has 92 valence electrons. The zero-order valence-corrected chi connectivity index (χ0v) is 11.1. The molecule has 0 saturated carbocycles. The first-order chi connectivity index (χ1) is 7.77. The quantitative estimate of drug-likeness (QED) is 0.840. The van der Waals surface area contributed by atoms with Crippen molar-refractivity contribution in [1.82, 2.24) is 5.32 Å². The van der Waals surface area contributed by atoms with Crippen LogP contribution in [0.5, 0.6) is 5.75 Å². The lowest BCUT2D eigenvalue weighted by molar-refractivity contribution is 0.0963. The summed E-state index contributed by atoms with van der Waals surface area (Å²) in [5.41, 5.74) is 0.637. The summed E-state index contributed by atoms with van der Waals surface area (Å²) < 4.78 is 4.95. The predicted molar refractivity (Wildman–Crippen MR) is 69.1 cm³/mol. The van der Waals surface area contributed by atoms with Gasteiger partial charge in [-0.05, 0) is 24.3 Å². The van der Waals surface area contributed by atoms with Crippen molar-refractivity contribution in [3.8, 4) is 5.75 Å². The van der Waals surface area contributed by atoms with Crippen LogP contribution in [-0.2, 0) is 0 Å². The monoisotopic (exact) mass is 225 g/mol. The average molecular weight is 225 g/mol. The van der Waals surface area contributed by atoms with Crippen LogP contribution >= 0.6 is 0 Å². The maximum absolute atomic E-state index is 11.1. The topological polar surface area (TPSA) is 38.3 Å². The lowest BCUT2D eigenvalue weighted by Gasteiger charge is -2.01. The van der Waals surface area contributed by atoms with E-state index in [4.69, 9.17) is 4.74 Å². The Morgan fingerprint density at radius 1 is 1.06 bits per heavy atom. The predicted octanol–water partition coefficient (Wildman–Crippen LogP) is 3.11. The van der Waals surface area contributed by atoms with E-state index >= 15 is 0 Å². The zero-order valence-electron chi connectivity index (χ0n) is 11.1. The summed E-state index contributed by atoms with van der Waals surface area (Å²) in [6.07, 6.45) is 0. The molecule has 1 rings (SSSR count). The molecular weight excluding hydrogens is 202 g/mol. The van der Waals surface area contributed by atoms with Gasteiger partial charge >= 0.3 is 0 Å². The van der Waals surface area contributed by atoms with Crippen LogP contribution in [0.3, 0.4) is 0 Å². The smallest absolute Gasteiger partial charge is 0.251 e. The Labute approximate surface area is 98.8 Å². The second kappa shape index (κ2) is 11.6. The third-order valence-corrected chi connectivity index (χ3v) is 1.58. The molecule has 0 aliphatic heterocycles. The van der Waals surface area contributed by atoms with Crippen LogP contribution < -0.4 is 10.1 Å². The van der Waals surface area contributed by atoms with E-state index in [0.29, 0.717) is 5.56 Å². The highest BCUT2D eigenvalue weighted by Gasteiger charge is 2.01. The number of methoxy groups -OCH3 is 1. The van der Waals surface area contributed by atoms with E-state index in [-0.39, 0.29) is 5.91 Å². The average Bonchev–Trinajstić information content (AvgIpc) is 2.42. The third-order valence-electron chi connectivity index (χ3n) is 1.58. The number of amides is 1. The van der Waals surface area contributed by atoms with E-state index in [2.05, 4.69) is 5.32 Å². The highest BCUT2D eigenvalue weighted by atomic mass is 16.5. The Bertz CT molecular complexity index is 268. The Hall–Kier alpha value is -1.51. The fourth-order valence-corrected chi connectivity index (χ4v) is 0.887. The molecule has 1 N–H and O–H groups in total. The van der Waals surface area contributed by atoms with Gasteiger partial charge in [-0.15, -0.1) is 0 Å². The largest absolute Gasteiger partial charge is 0.497 e. The van der Waals surface area contributed by atoms with Gasteiger partial charge in [-0.1, -0.05) is 27.7 Å². The Balaban J connectivity index is 0. The van der Waals surface area contributed by atoms with Gasteiger partial charge in [-0.2, -0.15) is 0 Å². The van der Waals surface area contributed by atoms with Crippen molar-refractivity contribution in [2.45, 2.75) is 27.7 Å². The summed E-state index contributed by atoms with van der Waals surface area (Å²) >= 11 is 0. The molecule has 1 aromatic rings. The van der Waals surface area contributed by atoms with Gasteiger partial charge in [0.2, 0.25) is 0 Å².